The maximum Gasteiger partial charge on any atom is 0.123 e. The fourth-order valence-corrected chi connectivity index (χ4v) is 3.86. The van der Waals surface area contributed by atoms with Gasteiger partial charge < -0.3 is 27.6 Å². The van der Waals surface area contributed by atoms with Crippen LogP contribution in [0, 0.1) is 0 Å². The monoisotopic (exact) mass is 663 g/mol. The summed E-state index contributed by atoms with van der Waals surface area (Å²) in [6, 6.07) is 20.9. The van der Waals surface area contributed by atoms with Gasteiger partial charge >= 0.3 is 0 Å². The number of benzene rings is 3. The number of hydrogen-bond donors (Lipinski definition) is 5. The van der Waals surface area contributed by atoms with Crippen LogP contribution >= 0.6 is 0 Å². The number of allylic oxidation sites excluding steroid dienone is 3. The van der Waals surface area contributed by atoms with E-state index in [0.717, 1.165) is 73.3 Å². The van der Waals surface area contributed by atoms with E-state index in [1.54, 1.807) is 18.2 Å². The van der Waals surface area contributed by atoms with E-state index in [1.165, 1.54) is 29.5 Å². The van der Waals surface area contributed by atoms with Gasteiger partial charge in [0.15, 0.2) is 0 Å². The van der Waals surface area contributed by atoms with E-state index >= 15 is 0 Å². The fraction of sp³-hybridized carbons (Fsp3) is 0.442. The summed E-state index contributed by atoms with van der Waals surface area (Å²) in [5.41, 5.74) is 25.6. The highest BCUT2D eigenvalue weighted by Crippen LogP contribution is 2.29. The van der Waals surface area contributed by atoms with Gasteiger partial charge in [-0.05, 0) is 96.8 Å². The molecule has 0 fully saturated rings. The molecule has 8 N–H and O–H groups in total. The van der Waals surface area contributed by atoms with Crippen LogP contribution in [0.5, 0.6) is 5.75 Å². The zero-order chi connectivity index (χ0) is 36.6. The number of nitrogens with two attached hydrogens (primary N) is 3. The molecule has 0 saturated heterocycles. The minimum Gasteiger partial charge on any atom is -0.507 e. The summed E-state index contributed by atoms with van der Waals surface area (Å²) in [6.07, 6.45) is 8.64. The summed E-state index contributed by atoms with van der Waals surface area (Å²) < 4.78 is 0. The van der Waals surface area contributed by atoms with Crippen molar-refractivity contribution in [3.63, 3.8) is 0 Å². The topological polar surface area (TPSA) is 110 Å². The Balaban J connectivity index is -0.000000277. The first-order valence-corrected chi connectivity index (χ1v) is 17.7. The minimum absolute atomic E-state index is 0. The molecule has 0 heterocycles. The summed E-state index contributed by atoms with van der Waals surface area (Å²) >= 11 is 0. The van der Waals surface area contributed by atoms with E-state index in [-0.39, 0.29) is 13.2 Å². The van der Waals surface area contributed by atoms with Crippen molar-refractivity contribution in [2.24, 2.45) is 0 Å². The summed E-state index contributed by atoms with van der Waals surface area (Å²) in [5, 5.41) is 12.9. The Labute approximate surface area is 297 Å². The van der Waals surface area contributed by atoms with Crippen molar-refractivity contribution in [1.29, 1.82) is 0 Å². The van der Waals surface area contributed by atoms with Crippen molar-refractivity contribution in [2.45, 2.75) is 121 Å². The highest BCUT2D eigenvalue weighted by Gasteiger charge is 2.05. The van der Waals surface area contributed by atoms with Crippen LogP contribution in [-0.2, 0) is 6.42 Å². The Bertz CT molecular complexity index is 1200. The van der Waals surface area contributed by atoms with Crippen molar-refractivity contribution >= 4 is 28.2 Å². The molecule has 0 amide bonds. The Morgan fingerprint density at radius 1 is 0.625 bits per heavy atom. The Morgan fingerprint density at radius 2 is 1.06 bits per heavy atom. The van der Waals surface area contributed by atoms with E-state index in [1.807, 2.05) is 90.1 Å². The third-order valence-electron chi connectivity index (χ3n) is 6.41. The van der Waals surface area contributed by atoms with Gasteiger partial charge in [0.1, 0.15) is 5.75 Å². The largest absolute Gasteiger partial charge is 0.507 e. The first-order chi connectivity index (χ1) is 22.6. The lowest BCUT2D eigenvalue weighted by atomic mass is 10.0. The molecule has 3 rings (SSSR count). The van der Waals surface area contributed by atoms with Crippen LogP contribution in [0.1, 0.15) is 131 Å². The number of nitrogens with one attached hydrogen (secondary N) is 1. The van der Waals surface area contributed by atoms with Gasteiger partial charge in [-0.25, -0.2) is 0 Å². The van der Waals surface area contributed by atoms with E-state index in [2.05, 4.69) is 45.8 Å². The molecule has 0 spiro atoms. The lowest BCUT2D eigenvalue weighted by Gasteiger charge is -2.08. The van der Waals surface area contributed by atoms with Crippen molar-refractivity contribution in [2.75, 3.05) is 23.7 Å². The van der Waals surface area contributed by atoms with Gasteiger partial charge in [0.05, 0.1) is 0 Å². The Morgan fingerprint density at radius 3 is 1.52 bits per heavy atom. The molecule has 0 aromatic heterocycles. The van der Waals surface area contributed by atoms with Gasteiger partial charge in [0.25, 0.3) is 0 Å². The molecule has 0 unspecified atom stereocenters. The van der Waals surface area contributed by atoms with E-state index in [9.17, 15) is 5.11 Å². The molecule has 48 heavy (non-hydrogen) atoms. The van der Waals surface area contributed by atoms with Crippen LogP contribution < -0.4 is 22.5 Å². The third-order valence-corrected chi connectivity index (χ3v) is 6.41. The number of nitrogen functional groups attached to an aromatic ring is 3. The van der Waals surface area contributed by atoms with Gasteiger partial charge in [-0.3, -0.25) is 0 Å². The predicted octanol–water partition coefficient (Wildman–Crippen LogP) is 12.7. The Kier molecular flexibility index (Phi) is 36.2. The second-order valence-corrected chi connectivity index (χ2v) is 10.3. The smallest absolute Gasteiger partial charge is 0.123 e. The highest BCUT2D eigenvalue weighted by atomic mass is 16.3. The Hall–Kier alpha value is -4.12. The van der Waals surface area contributed by atoms with Crippen LogP contribution in [0.15, 0.2) is 92.2 Å². The molecule has 0 radical (unpaired) electrons. The molecule has 5 nitrogen and oxygen atoms in total. The SMILES string of the molecule is C.C=C(CCCC)c1cc(N)ccc1O.C=C(CCCC)c1ccc(N)cc1.C=C(Cc1ccc(N)cc1)NCCC.CC.CC.CC. The van der Waals surface area contributed by atoms with Crippen LogP contribution in [-0.4, -0.2) is 11.7 Å². The van der Waals surface area contributed by atoms with Crippen molar-refractivity contribution in [1.82, 2.24) is 5.32 Å². The molecule has 5 heteroatoms. The van der Waals surface area contributed by atoms with Crippen LogP contribution in [0.3, 0.4) is 0 Å². The molecular formula is C43H74N4O. The number of hydrogen-bond acceptors (Lipinski definition) is 5. The van der Waals surface area contributed by atoms with Gasteiger partial charge in [0, 0.05) is 41.3 Å². The first-order valence-electron chi connectivity index (χ1n) is 17.7. The fourth-order valence-electron chi connectivity index (χ4n) is 3.86. The lowest BCUT2D eigenvalue weighted by molar-refractivity contribution is 0.473. The molecule has 0 saturated carbocycles. The summed E-state index contributed by atoms with van der Waals surface area (Å²) in [6.45, 7) is 31.4. The van der Waals surface area contributed by atoms with Crippen LogP contribution in [0.4, 0.5) is 17.1 Å². The van der Waals surface area contributed by atoms with E-state index in [4.69, 9.17) is 17.2 Å². The lowest BCUT2D eigenvalue weighted by Crippen LogP contribution is -2.14. The van der Waals surface area contributed by atoms with Crippen LogP contribution in [0.2, 0.25) is 0 Å². The van der Waals surface area contributed by atoms with E-state index < -0.39 is 0 Å². The van der Waals surface area contributed by atoms with Crippen molar-refractivity contribution < 1.29 is 5.11 Å². The van der Waals surface area contributed by atoms with Gasteiger partial charge in [0.2, 0.25) is 0 Å². The van der Waals surface area contributed by atoms with Gasteiger partial charge in [-0.1, -0.05) is 127 Å². The summed E-state index contributed by atoms with van der Waals surface area (Å²) in [4.78, 5) is 0. The highest BCUT2D eigenvalue weighted by molar-refractivity contribution is 5.71. The molecule has 3 aromatic rings. The maximum absolute atomic E-state index is 9.59. The first kappa shape index (κ1) is 50.7. The molecule has 0 aliphatic carbocycles. The minimum atomic E-state index is 0. The van der Waals surface area contributed by atoms with Crippen molar-refractivity contribution in [3.8, 4) is 5.75 Å². The number of anilines is 3. The number of aromatic hydroxyl groups is 1. The molecular weight excluding hydrogens is 589 g/mol. The standard InChI is InChI=1S/C12H18N2.C12H17NO.C12H17N.3C2H6.CH4/c1-3-8-14-10(2)9-11-4-6-12(13)7-5-11;1-3-4-5-9(2)11-8-10(13)6-7-12(11)14;1-3-4-5-10(2)11-6-8-12(13)9-7-11;3*1-2;/h4-7,14H,2-3,8-9,13H2,1H3;6-8,14H,2-5,13H2,1H3;6-9H,2-5,13H2,1H3;3*1-2H3;1H4. The van der Waals surface area contributed by atoms with Gasteiger partial charge in [-0.15, -0.1) is 0 Å². The van der Waals surface area contributed by atoms with Crippen LogP contribution in [0.25, 0.3) is 11.1 Å². The zero-order valence-corrected chi connectivity index (χ0v) is 31.5. The number of phenolic OH excluding ortho intramolecular Hbond substituents is 1. The maximum atomic E-state index is 9.59. The molecule has 0 bridgehead atoms. The zero-order valence-electron chi connectivity index (χ0n) is 31.5. The van der Waals surface area contributed by atoms with Crippen molar-refractivity contribution in [3.05, 3.63) is 109 Å². The summed E-state index contributed by atoms with van der Waals surface area (Å²) in [5.74, 6) is 0.264. The number of unbranched alkanes of at least 4 members (excludes halogenated alkanes) is 2. The second-order valence-electron chi connectivity index (χ2n) is 10.3. The summed E-state index contributed by atoms with van der Waals surface area (Å²) in [7, 11) is 0. The average Bonchev–Trinajstić information content (AvgIpc) is 3.10. The average molecular weight is 663 g/mol. The molecule has 272 valence electrons. The molecule has 0 aliphatic heterocycles. The predicted molar refractivity (Wildman–Crippen MR) is 223 cm³/mol. The number of rotatable bonds is 13. The molecule has 0 atom stereocenters. The third kappa shape index (κ3) is 25.0. The van der Waals surface area contributed by atoms with Gasteiger partial charge in [-0.2, -0.15) is 0 Å². The number of phenols is 1. The van der Waals surface area contributed by atoms with E-state index in [0.29, 0.717) is 5.69 Å². The molecule has 3 aromatic carbocycles. The molecule has 0 aliphatic rings. The second kappa shape index (κ2) is 34.2. The quantitative estimate of drug-likeness (QED) is 0.0924. The normalized spacial score (nSPS) is 8.85.